The summed E-state index contributed by atoms with van der Waals surface area (Å²) >= 11 is 0. The summed E-state index contributed by atoms with van der Waals surface area (Å²) in [5.41, 5.74) is 8.68. The first-order valence-electron chi connectivity index (χ1n) is 6.42. The Hall–Kier alpha value is -2.67. The van der Waals surface area contributed by atoms with E-state index in [2.05, 4.69) is 11.4 Å². The first kappa shape index (κ1) is 13.8. The van der Waals surface area contributed by atoms with E-state index in [0.29, 0.717) is 24.4 Å². The van der Waals surface area contributed by atoms with Gasteiger partial charge in [0.25, 0.3) is 0 Å². The summed E-state index contributed by atoms with van der Waals surface area (Å²) in [7, 11) is 0. The van der Waals surface area contributed by atoms with Gasteiger partial charge in [-0.3, -0.25) is 0 Å². The maximum Gasteiger partial charge on any atom is 0.119 e. The van der Waals surface area contributed by atoms with Gasteiger partial charge in [0.2, 0.25) is 0 Å². The van der Waals surface area contributed by atoms with Gasteiger partial charge in [0, 0.05) is 17.9 Å². The average Bonchev–Trinajstić information content (AvgIpc) is 2.45. The molecule has 0 radical (unpaired) electrons. The van der Waals surface area contributed by atoms with Gasteiger partial charge in [0.1, 0.15) is 18.4 Å². The Morgan fingerprint density at radius 2 is 2.10 bits per heavy atom. The Morgan fingerprint density at radius 3 is 2.85 bits per heavy atom. The third-order valence-electron chi connectivity index (χ3n) is 2.86. The third-order valence-corrected chi connectivity index (χ3v) is 2.86. The van der Waals surface area contributed by atoms with Crippen LogP contribution in [0.2, 0.25) is 0 Å². The van der Waals surface area contributed by atoms with Crippen molar-refractivity contribution in [1.82, 2.24) is 0 Å². The molecule has 2 aromatic carbocycles. The third kappa shape index (κ3) is 3.66. The van der Waals surface area contributed by atoms with Crippen LogP contribution < -0.4 is 15.8 Å². The largest absolute Gasteiger partial charge is 0.492 e. The Kier molecular flexibility index (Phi) is 4.46. The fraction of sp³-hybridized carbons (Fsp3) is 0.188. The fourth-order valence-electron chi connectivity index (χ4n) is 1.83. The molecule has 2 rings (SSSR count). The lowest BCUT2D eigenvalue weighted by Gasteiger charge is -2.09. The molecule has 2 aromatic rings. The number of aryl methyl sites for hydroxylation is 1. The fourth-order valence-corrected chi connectivity index (χ4v) is 1.83. The van der Waals surface area contributed by atoms with Crippen molar-refractivity contribution in [2.75, 3.05) is 24.2 Å². The Balaban J connectivity index is 1.83. The maximum absolute atomic E-state index is 8.91. The van der Waals surface area contributed by atoms with Crippen molar-refractivity contribution in [2.45, 2.75) is 6.92 Å². The molecule has 0 aliphatic heterocycles. The molecule has 0 aliphatic rings. The predicted octanol–water partition coefficient (Wildman–Crippen LogP) is 2.94. The van der Waals surface area contributed by atoms with Crippen LogP contribution in [0.5, 0.6) is 5.75 Å². The molecule has 0 spiro atoms. The highest BCUT2D eigenvalue weighted by Crippen LogP contribution is 2.17. The highest BCUT2D eigenvalue weighted by atomic mass is 16.5. The van der Waals surface area contributed by atoms with Gasteiger partial charge in [-0.2, -0.15) is 5.26 Å². The second-order valence-electron chi connectivity index (χ2n) is 4.51. The lowest BCUT2D eigenvalue weighted by Crippen LogP contribution is -2.11. The first-order valence-corrected chi connectivity index (χ1v) is 6.42. The molecule has 0 saturated heterocycles. The molecular weight excluding hydrogens is 250 g/mol. The number of nitriles is 1. The van der Waals surface area contributed by atoms with E-state index in [-0.39, 0.29) is 0 Å². The highest BCUT2D eigenvalue weighted by molar-refractivity contribution is 5.61. The van der Waals surface area contributed by atoms with Crippen LogP contribution in [0, 0.1) is 18.3 Å². The monoisotopic (exact) mass is 267 g/mol. The molecule has 0 unspecified atom stereocenters. The molecule has 0 heterocycles. The molecule has 0 fully saturated rings. The highest BCUT2D eigenvalue weighted by Gasteiger charge is 2.00. The number of ether oxygens (including phenoxy) is 1. The molecule has 0 aromatic heterocycles. The van der Waals surface area contributed by atoms with E-state index in [0.717, 1.165) is 11.4 Å². The van der Waals surface area contributed by atoms with Gasteiger partial charge < -0.3 is 15.8 Å². The SMILES string of the molecule is Cc1cccc(OCCNc2ccc(N)c(C#N)c2)c1. The molecule has 3 N–H and O–H groups in total. The minimum atomic E-state index is 0.481. The van der Waals surface area contributed by atoms with Crippen molar-refractivity contribution in [1.29, 1.82) is 5.26 Å². The Morgan fingerprint density at radius 1 is 1.25 bits per heavy atom. The van der Waals surface area contributed by atoms with Crippen LogP contribution in [-0.4, -0.2) is 13.2 Å². The van der Waals surface area contributed by atoms with E-state index in [1.165, 1.54) is 5.56 Å². The van der Waals surface area contributed by atoms with Gasteiger partial charge in [-0.15, -0.1) is 0 Å². The van der Waals surface area contributed by atoms with Crippen molar-refractivity contribution in [3.05, 3.63) is 53.6 Å². The molecular formula is C16H17N3O. The summed E-state index contributed by atoms with van der Waals surface area (Å²) in [5.74, 6) is 0.863. The zero-order valence-corrected chi connectivity index (χ0v) is 11.4. The minimum Gasteiger partial charge on any atom is -0.492 e. The van der Waals surface area contributed by atoms with Crippen LogP contribution in [0.15, 0.2) is 42.5 Å². The normalized spacial score (nSPS) is 9.80. The number of hydrogen-bond acceptors (Lipinski definition) is 4. The summed E-state index contributed by atoms with van der Waals surface area (Å²) in [6, 6.07) is 15.3. The number of nitrogen functional groups attached to an aromatic ring is 1. The maximum atomic E-state index is 8.91. The average molecular weight is 267 g/mol. The van der Waals surface area contributed by atoms with E-state index in [9.17, 15) is 0 Å². The molecule has 4 heteroatoms. The van der Waals surface area contributed by atoms with E-state index in [1.54, 1.807) is 12.1 Å². The lowest BCUT2D eigenvalue weighted by molar-refractivity contribution is 0.332. The second-order valence-corrected chi connectivity index (χ2v) is 4.51. The summed E-state index contributed by atoms with van der Waals surface area (Å²) < 4.78 is 5.64. The van der Waals surface area contributed by atoms with E-state index >= 15 is 0 Å². The first-order chi connectivity index (χ1) is 9.69. The lowest BCUT2D eigenvalue weighted by atomic mass is 10.2. The van der Waals surface area contributed by atoms with Gasteiger partial charge in [-0.25, -0.2) is 0 Å². The van der Waals surface area contributed by atoms with E-state index < -0.39 is 0 Å². The summed E-state index contributed by atoms with van der Waals surface area (Å²) in [4.78, 5) is 0. The molecule has 0 saturated carbocycles. The van der Waals surface area contributed by atoms with E-state index in [4.69, 9.17) is 15.7 Å². The number of nitrogens with zero attached hydrogens (tertiary/aromatic N) is 1. The van der Waals surface area contributed by atoms with Crippen LogP contribution in [0.1, 0.15) is 11.1 Å². The number of anilines is 2. The number of nitrogens with two attached hydrogens (primary N) is 1. The summed E-state index contributed by atoms with van der Waals surface area (Å²) in [6.45, 7) is 3.24. The minimum absolute atomic E-state index is 0.481. The molecule has 0 bridgehead atoms. The quantitative estimate of drug-likeness (QED) is 0.645. The molecule has 20 heavy (non-hydrogen) atoms. The van der Waals surface area contributed by atoms with Crippen molar-refractivity contribution in [3.8, 4) is 11.8 Å². The van der Waals surface area contributed by atoms with Crippen molar-refractivity contribution < 1.29 is 4.74 Å². The van der Waals surface area contributed by atoms with Gasteiger partial charge in [-0.05, 0) is 42.8 Å². The summed E-state index contributed by atoms with van der Waals surface area (Å²) in [5, 5.41) is 12.1. The topological polar surface area (TPSA) is 71.1 Å². The van der Waals surface area contributed by atoms with Crippen LogP contribution >= 0.6 is 0 Å². The van der Waals surface area contributed by atoms with Crippen molar-refractivity contribution in [3.63, 3.8) is 0 Å². The van der Waals surface area contributed by atoms with Crippen LogP contribution in [0.3, 0.4) is 0 Å². The van der Waals surface area contributed by atoms with Crippen LogP contribution in [-0.2, 0) is 0 Å². The zero-order valence-electron chi connectivity index (χ0n) is 11.4. The predicted molar refractivity (Wildman–Crippen MR) is 80.7 cm³/mol. The standard InChI is InChI=1S/C16H17N3O/c1-12-3-2-4-15(9-12)20-8-7-19-14-5-6-16(18)13(10-14)11-17/h2-6,9-10,19H,7-8,18H2,1H3. The number of nitrogens with one attached hydrogen (secondary N) is 1. The van der Waals surface area contributed by atoms with Gasteiger partial charge >= 0.3 is 0 Å². The Bertz CT molecular complexity index is 632. The number of hydrogen-bond donors (Lipinski definition) is 2. The van der Waals surface area contributed by atoms with E-state index in [1.807, 2.05) is 37.3 Å². The zero-order chi connectivity index (χ0) is 14.4. The molecule has 0 aliphatic carbocycles. The smallest absolute Gasteiger partial charge is 0.119 e. The van der Waals surface area contributed by atoms with Crippen LogP contribution in [0.4, 0.5) is 11.4 Å². The Labute approximate surface area is 118 Å². The second kappa shape index (κ2) is 6.48. The number of rotatable bonds is 5. The van der Waals surface area contributed by atoms with Crippen LogP contribution in [0.25, 0.3) is 0 Å². The van der Waals surface area contributed by atoms with Crippen molar-refractivity contribution in [2.24, 2.45) is 0 Å². The van der Waals surface area contributed by atoms with Gasteiger partial charge in [0.05, 0.1) is 5.56 Å². The molecule has 102 valence electrons. The summed E-state index contributed by atoms with van der Waals surface area (Å²) in [6.07, 6.45) is 0. The van der Waals surface area contributed by atoms with Gasteiger partial charge in [0.15, 0.2) is 0 Å². The molecule has 0 amide bonds. The molecule has 4 nitrogen and oxygen atoms in total. The molecule has 0 atom stereocenters. The van der Waals surface area contributed by atoms with Crippen molar-refractivity contribution >= 4 is 11.4 Å². The van der Waals surface area contributed by atoms with Gasteiger partial charge in [-0.1, -0.05) is 12.1 Å². The number of benzene rings is 2.